The van der Waals surface area contributed by atoms with Gasteiger partial charge in [-0.25, -0.2) is 9.15 Å². The van der Waals surface area contributed by atoms with E-state index >= 15 is 0 Å². The molecule has 0 bridgehead atoms. The molecule has 402 valence electrons. The normalized spacial score (nSPS) is 24.5. The number of carboxylic acids is 1. The minimum atomic E-state index is -0.803. The first-order valence-corrected chi connectivity index (χ1v) is 29.0. The summed E-state index contributed by atoms with van der Waals surface area (Å²) in [7, 11) is 0. The number of thioether (sulfide) groups is 2. The van der Waals surface area contributed by atoms with Gasteiger partial charge in [0.05, 0.1) is 50.0 Å². The molecule has 8 heterocycles. The van der Waals surface area contributed by atoms with Crippen LogP contribution >= 0.6 is 46.2 Å². The van der Waals surface area contributed by atoms with Crippen molar-refractivity contribution in [1.82, 2.24) is 0 Å². The van der Waals surface area contributed by atoms with Crippen molar-refractivity contribution in [2.24, 2.45) is 17.8 Å². The number of aliphatic hydroxyl groups excluding tert-OH is 2. The van der Waals surface area contributed by atoms with Gasteiger partial charge in [-0.05, 0) is 110 Å². The number of anilines is 2. The Bertz CT molecular complexity index is 3340. The predicted molar refractivity (Wildman–Crippen MR) is 293 cm³/mol. The second-order valence-electron chi connectivity index (χ2n) is 19.9. The first-order valence-electron chi connectivity index (χ1n) is 25.8. The number of piperidine rings is 4. The zero-order valence-corrected chi connectivity index (χ0v) is 45.1. The van der Waals surface area contributed by atoms with Crippen LogP contribution in [-0.2, 0) is 43.1 Å². The number of hydrogen-bond donors (Lipinski definition) is 3. The van der Waals surface area contributed by atoms with Crippen LogP contribution in [0.1, 0.15) is 61.1 Å². The van der Waals surface area contributed by atoms with E-state index in [1.807, 2.05) is 24.3 Å². The molecule has 22 heteroatoms. The van der Waals surface area contributed by atoms with Gasteiger partial charge in [0, 0.05) is 83.6 Å². The molecule has 78 heavy (non-hydrogen) atoms. The molecule has 2 aromatic heterocycles. The van der Waals surface area contributed by atoms with E-state index in [0.29, 0.717) is 141 Å². The van der Waals surface area contributed by atoms with Gasteiger partial charge < -0.3 is 39.3 Å². The van der Waals surface area contributed by atoms with Crippen molar-refractivity contribution in [2.45, 2.75) is 57.5 Å². The Morgan fingerprint density at radius 3 is 1.32 bits per heavy atom. The molecule has 0 atom stereocenters. The fourth-order valence-electron chi connectivity index (χ4n) is 10.9. The Morgan fingerprint density at radius 1 is 0.526 bits per heavy atom. The molecule has 4 fully saturated rings. The lowest BCUT2D eigenvalue weighted by molar-refractivity contribution is -0.538. The maximum absolute atomic E-state index is 13.3. The number of carbonyl (C=O) groups is 8. The number of thiophene rings is 2. The summed E-state index contributed by atoms with van der Waals surface area (Å²) in [4.78, 5) is 108. The van der Waals surface area contributed by atoms with E-state index in [-0.39, 0.29) is 69.6 Å². The second-order valence-corrected chi connectivity index (χ2v) is 24.2. The van der Waals surface area contributed by atoms with E-state index in [4.69, 9.17) is 14.2 Å². The number of aliphatic hydroxyl groups is 2. The SMILES string of the molecule is O=COC1CC[N+](=C2C=C/C(=C3/C(=O)C(=O)C(c4ccc(N5CCC(C(=O)Oc6ccc(OC(=O)C7CCN(c8ccc(C9=C(O)/C(=C%10\C=CC(=[N+]%11CCC(C(=O)O)CC%11)S%10)C(=O)C9=O)s8)CC7)cc6)CC5)s4)=C3O)S2)CC1. The van der Waals surface area contributed by atoms with Crippen molar-refractivity contribution < 1.29 is 77.0 Å². The third-order valence-corrected chi connectivity index (χ3v) is 20.0. The molecule has 11 rings (SSSR count). The van der Waals surface area contributed by atoms with Crippen LogP contribution in [-0.4, -0.2) is 141 Å². The molecule has 6 aliphatic heterocycles. The highest BCUT2D eigenvalue weighted by Crippen LogP contribution is 2.45. The Labute approximate surface area is 463 Å². The van der Waals surface area contributed by atoms with E-state index < -0.39 is 29.1 Å². The molecule has 2 aliphatic carbocycles. The van der Waals surface area contributed by atoms with Gasteiger partial charge in [0.1, 0.15) is 55.3 Å². The number of hydrogen-bond acceptors (Lipinski definition) is 19. The van der Waals surface area contributed by atoms with Crippen LogP contribution in [0, 0.1) is 17.8 Å². The topological polar surface area (TPSA) is 237 Å². The van der Waals surface area contributed by atoms with Crippen molar-refractivity contribution in [2.75, 3.05) is 62.2 Å². The van der Waals surface area contributed by atoms with Crippen LogP contribution in [0.25, 0.3) is 11.1 Å². The van der Waals surface area contributed by atoms with E-state index in [1.54, 1.807) is 48.6 Å². The summed E-state index contributed by atoms with van der Waals surface area (Å²) in [5.41, 5.74) is -0.0878. The number of benzene rings is 1. The molecule has 4 saturated heterocycles. The van der Waals surface area contributed by atoms with E-state index in [9.17, 15) is 53.7 Å². The lowest BCUT2D eigenvalue weighted by Crippen LogP contribution is -2.37. The Kier molecular flexibility index (Phi) is 15.1. The molecule has 1 aromatic carbocycles. The van der Waals surface area contributed by atoms with Gasteiger partial charge in [-0.1, -0.05) is 0 Å². The largest absolute Gasteiger partial charge is 0.506 e. The zero-order valence-electron chi connectivity index (χ0n) is 41.9. The third-order valence-electron chi connectivity index (χ3n) is 15.3. The maximum Gasteiger partial charge on any atom is 0.314 e. The number of rotatable bonds is 11. The predicted octanol–water partition coefficient (Wildman–Crippen LogP) is 7.06. The number of carboxylic acid groups (broad SMARTS) is 1. The van der Waals surface area contributed by atoms with Gasteiger partial charge in [0.15, 0.2) is 0 Å². The van der Waals surface area contributed by atoms with Gasteiger partial charge in [-0.15, -0.1) is 22.7 Å². The lowest BCUT2D eigenvalue weighted by Gasteiger charge is -2.31. The fourth-order valence-corrected chi connectivity index (χ4v) is 15.3. The zero-order chi connectivity index (χ0) is 54.4. The number of Topliss-reactive ketones (excluding diaryl/α,β-unsaturated/α-hetero) is 4. The molecule has 0 amide bonds. The summed E-state index contributed by atoms with van der Waals surface area (Å²) >= 11 is 5.20. The monoisotopic (exact) mass is 1130 g/mol. The Balaban J connectivity index is 0.635. The average Bonchev–Trinajstić information content (AvgIpc) is 4.50. The van der Waals surface area contributed by atoms with Crippen LogP contribution in [0.3, 0.4) is 0 Å². The fraction of sp³-hybridized carbons (Fsp3) is 0.357. The summed E-state index contributed by atoms with van der Waals surface area (Å²) in [6, 6.07) is 13.5. The molecule has 0 saturated carbocycles. The minimum absolute atomic E-state index is 0.00556. The molecule has 0 spiro atoms. The van der Waals surface area contributed by atoms with Gasteiger partial charge in [-0.2, -0.15) is 0 Å². The highest BCUT2D eigenvalue weighted by Gasteiger charge is 2.44. The van der Waals surface area contributed by atoms with Crippen LogP contribution in [0.15, 0.2) is 105 Å². The van der Waals surface area contributed by atoms with Gasteiger partial charge in [0.2, 0.25) is 33.2 Å². The first-order chi connectivity index (χ1) is 37.7. The van der Waals surface area contributed by atoms with Crippen LogP contribution < -0.4 is 19.3 Å². The number of allylic oxidation sites excluding steroid dienone is 6. The standard InChI is InChI=1S/C56H50N4O14S4/c61-29-72-33-19-27-60(28-20-33)43-12-8-39(78-43)47-49(63)46(52(66)53(47)67)38-7-11-42(77-38)59-25-17-32(18-26-59)56(71)74-35-3-1-34(2-4-35)73-55(70)31-15-23-58(24-16-31)41-10-6-37(76-41)45-48(62)44(50(64)51(45)65)36-5-9-40(75-36)57-21-13-30(14-22-57)54(68)69/h1-12,29-33H,13-28H2,(H-2,62,63,64,65,66,67,68,69)/p+2. The molecule has 3 aromatic rings. The van der Waals surface area contributed by atoms with Crippen molar-refractivity contribution in [3.8, 4) is 11.5 Å². The summed E-state index contributed by atoms with van der Waals surface area (Å²) in [6.07, 6.45) is 11.4. The number of carbonyl (C=O) groups excluding carboxylic acids is 7. The summed E-state index contributed by atoms with van der Waals surface area (Å²) in [5.74, 6) is -5.81. The van der Waals surface area contributed by atoms with Crippen molar-refractivity contribution in [1.29, 1.82) is 0 Å². The minimum Gasteiger partial charge on any atom is -0.506 e. The van der Waals surface area contributed by atoms with Crippen molar-refractivity contribution in [3.05, 3.63) is 115 Å². The quantitative estimate of drug-likeness (QED) is 0.0435. The summed E-state index contributed by atoms with van der Waals surface area (Å²) < 4.78 is 20.8. The summed E-state index contributed by atoms with van der Waals surface area (Å²) in [5, 5.41) is 35.4. The van der Waals surface area contributed by atoms with Gasteiger partial charge in [-0.3, -0.25) is 38.4 Å². The number of aliphatic carboxylic acids is 1. The molecule has 3 N–H and O–H groups in total. The molecule has 0 radical (unpaired) electrons. The number of nitrogens with zero attached hydrogens (tertiary/aromatic N) is 4. The molecule has 0 unspecified atom stereocenters. The van der Waals surface area contributed by atoms with Crippen molar-refractivity contribution >= 4 is 125 Å². The highest BCUT2D eigenvalue weighted by atomic mass is 32.2. The van der Waals surface area contributed by atoms with Crippen LogP contribution in [0.2, 0.25) is 0 Å². The van der Waals surface area contributed by atoms with Gasteiger partial charge >= 0.3 is 17.9 Å². The second kappa shape index (κ2) is 22.3. The molecule has 18 nitrogen and oxygen atoms in total. The number of ketones is 4. The van der Waals surface area contributed by atoms with Crippen LogP contribution in [0.4, 0.5) is 10.0 Å². The average molecular weight is 1130 g/mol. The highest BCUT2D eigenvalue weighted by molar-refractivity contribution is 8.18. The molecular formula is C56H52N4O14S4+2. The Hall–Kier alpha value is -7.14. The lowest BCUT2D eigenvalue weighted by atomic mass is 9.97. The van der Waals surface area contributed by atoms with E-state index in [0.717, 1.165) is 20.1 Å². The van der Waals surface area contributed by atoms with Gasteiger partial charge in [0.25, 0.3) is 6.47 Å². The third kappa shape index (κ3) is 10.5. The number of ether oxygens (including phenoxy) is 3. The summed E-state index contributed by atoms with van der Waals surface area (Å²) in [6.45, 7) is 5.07. The van der Waals surface area contributed by atoms with E-state index in [2.05, 4.69) is 19.0 Å². The maximum atomic E-state index is 13.3. The van der Waals surface area contributed by atoms with Crippen LogP contribution in [0.5, 0.6) is 11.5 Å². The Morgan fingerprint density at radius 2 is 0.923 bits per heavy atom. The smallest absolute Gasteiger partial charge is 0.314 e. The molecular weight excluding hydrogens is 1080 g/mol. The van der Waals surface area contributed by atoms with E-state index in [1.165, 1.54) is 46.2 Å². The first kappa shape index (κ1) is 52.9. The number of esters is 2. The molecule has 8 aliphatic rings. The van der Waals surface area contributed by atoms with Crippen molar-refractivity contribution in [3.63, 3.8) is 0 Å².